The first-order valence-corrected chi connectivity index (χ1v) is 9.16. The second kappa shape index (κ2) is 11.8. The molecule has 0 aliphatic heterocycles. The van der Waals surface area contributed by atoms with E-state index in [1.54, 1.807) is 19.0 Å². The minimum absolute atomic E-state index is 0. The lowest BCUT2D eigenvalue weighted by Gasteiger charge is -2.29. The predicted molar refractivity (Wildman–Crippen MR) is 115 cm³/mol. The van der Waals surface area contributed by atoms with E-state index in [2.05, 4.69) is 15.6 Å². The summed E-state index contributed by atoms with van der Waals surface area (Å²) in [6, 6.07) is 0.631. The molecule has 0 radical (unpaired) electrons. The molecular formula is C18H37IN4O2. The number of guanidine groups is 1. The monoisotopic (exact) mass is 468 g/mol. The Labute approximate surface area is 170 Å². The normalized spacial score (nSPS) is 17.3. The van der Waals surface area contributed by atoms with Crippen molar-refractivity contribution < 1.29 is 9.53 Å². The van der Waals surface area contributed by atoms with Gasteiger partial charge in [0, 0.05) is 32.7 Å². The molecule has 2 N–H and O–H groups in total. The number of nitrogens with one attached hydrogen (secondary N) is 2. The van der Waals surface area contributed by atoms with E-state index in [9.17, 15) is 4.79 Å². The van der Waals surface area contributed by atoms with E-state index in [1.165, 1.54) is 32.1 Å². The van der Waals surface area contributed by atoms with Gasteiger partial charge in [0.05, 0.1) is 0 Å². The van der Waals surface area contributed by atoms with Crippen molar-refractivity contribution in [3.8, 4) is 0 Å². The van der Waals surface area contributed by atoms with Gasteiger partial charge in [-0.05, 0) is 47.0 Å². The molecule has 0 bridgehead atoms. The number of hydrogen-bond acceptors (Lipinski definition) is 3. The Hall–Kier alpha value is -0.730. The van der Waals surface area contributed by atoms with Crippen molar-refractivity contribution in [2.24, 2.45) is 4.99 Å². The molecule has 25 heavy (non-hydrogen) atoms. The van der Waals surface area contributed by atoms with E-state index < -0.39 is 5.60 Å². The highest BCUT2D eigenvalue weighted by atomic mass is 127. The first-order chi connectivity index (χ1) is 11.2. The van der Waals surface area contributed by atoms with Crippen molar-refractivity contribution in [3.05, 3.63) is 0 Å². The first kappa shape index (κ1) is 24.3. The van der Waals surface area contributed by atoms with E-state index in [-0.39, 0.29) is 36.1 Å². The van der Waals surface area contributed by atoms with Gasteiger partial charge in [0.1, 0.15) is 5.60 Å². The molecule has 1 unspecified atom stereocenters. The summed E-state index contributed by atoms with van der Waals surface area (Å²) in [5, 5.41) is 6.85. The van der Waals surface area contributed by atoms with Crippen LogP contribution in [0.25, 0.3) is 0 Å². The standard InChI is InChI=1S/C18H36N4O2.HI/c1-14(22(6)17(23)24-18(2,3)4)12-13-20-16(19-5)21-15-10-8-7-9-11-15;/h14-15H,7-13H2,1-6H3,(H2,19,20,21);1H. The summed E-state index contributed by atoms with van der Waals surface area (Å²) >= 11 is 0. The Morgan fingerprint density at radius 2 is 1.88 bits per heavy atom. The minimum atomic E-state index is -0.463. The van der Waals surface area contributed by atoms with Gasteiger partial charge < -0.3 is 20.3 Å². The van der Waals surface area contributed by atoms with Crippen molar-refractivity contribution in [2.75, 3.05) is 20.6 Å². The summed E-state index contributed by atoms with van der Waals surface area (Å²) < 4.78 is 5.40. The average Bonchev–Trinajstić information content (AvgIpc) is 2.52. The van der Waals surface area contributed by atoms with E-state index in [4.69, 9.17) is 4.74 Å². The van der Waals surface area contributed by atoms with Crippen molar-refractivity contribution in [1.29, 1.82) is 0 Å². The summed E-state index contributed by atoms with van der Waals surface area (Å²) in [6.45, 7) is 8.44. The Bertz CT molecular complexity index is 418. The quantitative estimate of drug-likeness (QED) is 0.367. The molecule has 0 aromatic heterocycles. The van der Waals surface area contributed by atoms with Gasteiger partial charge >= 0.3 is 6.09 Å². The second-order valence-corrected chi connectivity index (χ2v) is 7.71. The van der Waals surface area contributed by atoms with Crippen LogP contribution in [0.1, 0.15) is 66.2 Å². The number of carbonyl (C=O) groups is 1. The molecule has 0 heterocycles. The smallest absolute Gasteiger partial charge is 0.410 e. The number of carbonyl (C=O) groups excluding carboxylic acids is 1. The van der Waals surface area contributed by atoms with Gasteiger partial charge in [-0.2, -0.15) is 0 Å². The van der Waals surface area contributed by atoms with Crippen molar-refractivity contribution >= 4 is 36.0 Å². The molecule has 0 saturated heterocycles. The zero-order valence-corrected chi connectivity index (χ0v) is 19.1. The Morgan fingerprint density at radius 3 is 2.40 bits per heavy atom. The number of halogens is 1. The molecule has 1 aliphatic carbocycles. The lowest BCUT2D eigenvalue weighted by Crippen LogP contribution is -2.46. The molecule has 0 aromatic carbocycles. The topological polar surface area (TPSA) is 66.0 Å². The number of ether oxygens (including phenoxy) is 1. The molecule has 0 aromatic rings. The zero-order valence-electron chi connectivity index (χ0n) is 16.7. The second-order valence-electron chi connectivity index (χ2n) is 7.71. The SMILES string of the molecule is CN=C(NCCC(C)N(C)C(=O)OC(C)(C)C)NC1CCCCC1.I. The Morgan fingerprint density at radius 1 is 1.28 bits per heavy atom. The van der Waals surface area contributed by atoms with Crippen LogP contribution in [0.2, 0.25) is 0 Å². The third-order valence-electron chi connectivity index (χ3n) is 4.37. The maximum atomic E-state index is 12.1. The number of amides is 1. The number of nitrogens with zero attached hydrogens (tertiary/aromatic N) is 2. The number of rotatable bonds is 5. The van der Waals surface area contributed by atoms with Crippen LogP contribution in [0.4, 0.5) is 4.79 Å². The molecule has 1 fully saturated rings. The van der Waals surface area contributed by atoms with Crippen LogP contribution in [0.5, 0.6) is 0 Å². The Balaban J connectivity index is 0.00000576. The van der Waals surface area contributed by atoms with Gasteiger partial charge in [-0.1, -0.05) is 19.3 Å². The van der Waals surface area contributed by atoms with Gasteiger partial charge in [-0.15, -0.1) is 24.0 Å². The lowest BCUT2D eigenvalue weighted by molar-refractivity contribution is 0.0230. The maximum absolute atomic E-state index is 12.1. The molecule has 1 atom stereocenters. The van der Waals surface area contributed by atoms with Gasteiger partial charge in [-0.3, -0.25) is 4.99 Å². The highest BCUT2D eigenvalue weighted by Crippen LogP contribution is 2.17. The van der Waals surface area contributed by atoms with Crippen LogP contribution < -0.4 is 10.6 Å². The predicted octanol–water partition coefficient (Wildman–Crippen LogP) is 3.75. The van der Waals surface area contributed by atoms with Crippen LogP contribution >= 0.6 is 24.0 Å². The van der Waals surface area contributed by atoms with Crippen LogP contribution in [0, 0.1) is 0 Å². The molecule has 1 amide bonds. The van der Waals surface area contributed by atoms with Crippen LogP contribution in [-0.2, 0) is 4.74 Å². The van der Waals surface area contributed by atoms with Crippen LogP contribution in [0.15, 0.2) is 4.99 Å². The summed E-state index contributed by atoms with van der Waals surface area (Å²) in [5.74, 6) is 0.856. The minimum Gasteiger partial charge on any atom is -0.444 e. The fourth-order valence-electron chi connectivity index (χ4n) is 2.74. The van der Waals surface area contributed by atoms with Crippen LogP contribution in [-0.4, -0.2) is 55.3 Å². The van der Waals surface area contributed by atoms with E-state index in [0.717, 1.165) is 18.9 Å². The third kappa shape index (κ3) is 10.1. The molecule has 1 saturated carbocycles. The van der Waals surface area contributed by atoms with Crippen molar-refractivity contribution in [1.82, 2.24) is 15.5 Å². The molecule has 7 heteroatoms. The van der Waals surface area contributed by atoms with E-state index in [0.29, 0.717) is 6.04 Å². The molecule has 0 spiro atoms. The van der Waals surface area contributed by atoms with E-state index in [1.807, 2.05) is 27.7 Å². The van der Waals surface area contributed by atoms with E-state index >= 15 is 0 Å². The van der Waals surface area contributed by atoms with Gasteiger partial charge in [0.25, 0.3) is 0 Å². The highest BCUT2D eigenvalue weighted by Gasteiger charge is 2.22. The molecule has 1 rings (SSSR count). The fraction of sp³-hybridized carbons (Fsp3) is 0.889. The zero-order chi connectivity index (χ0) is 18.2. The fourth-order valence-corrected chi connectivity index (χ4v) is 2.74. The molecule has 1 aliphatic rings. The highest BCUT2D eigenvalue weighted by molar-refractivity contribution is 14.0. The van der Waals surface area contributed by atoms with Crippen molar-refractivity contribution in [2.45, 2.75) is 83.9 Å². The summed E-state index contributed by atoms with van der Waals surface area (Å²) in [6.07, 6.45) is 6.94. The number of hydrogen-bond donors (Lipinski definition) is 2. The average molecular weight is 468 g/mol. The summed E-state index contributed by atoms with van der Waals surface area (Å²) in [4.78, 5) is 18.0. The van der Waals surface area contributed by atoms with Gasteiger partial charge in [0.2, 0.25) is 0 Å². The van der Waals surface area contributed by atoms with Crippen LogP contribution in [0.3, 0.4) is 0 Å². The Kier molecular flexibility index (Phi) is 11.5. The largest absolute Gasteiger partial charge is 0.444 e. The summed E-state index contributed by atoms with van der Waals surface area (Å²) in [5.41, 5.74) is -0.463. The first-order valence-electron chi connectivity index (χ1n) is 9.16. The third-order valence-corrected chi connectivity index (χ3v) is 4.37. The number of aliphatic imine (C=N–C) groups is 1. The lowest BCUT2D eigenvalue weighted by atomic mass is 9.96. The molecular weight excluding hydrogens is 431 g/mol. The van der Waals surface area contributed by atoms with Gasteiger partial charge in [0.15, 0.2) is 5.96 Å². The summed E-state index contributed by atoms with van der Waals surface area (Å²) in [7, 11) is 3.59. The van der Waals surface area contributed by atoms with Crippen molar-refractivity contribution in [3.63, 3.8) is 0 Å². The molecule has 148 valence electrons. The van der Waals surface area contributed by atoms with Gasteiger partial charge in [-0.25, -0.2) is 4.79 Å². The molecule has 6 nitrogen and oxygen atoms in total. The maximum Gasteiger partial charge on any atom is 0.410 e.